The Hall–Kier alpha value is -0.990. The zero-order valence-corrected chi connectivity index (χ0v) is 15.4. The topological polar surface area (TPSA) is 36.3 Å². The van der Waals surface area contributed by atoms with Gasteiger partial charge in [0.05, 0.1) is 6.67 Å². The first kappa shape index (κ1) is 16.9. The molecule has 23 heavy (non-hydrogen) atoms. The third kappa shape index (κ3) is 4.51. The van der Waals surface area contributed by atoms with Crippen molar-refractivity contribution in [2.75, 3.05) is 38.5 Å². The molecular weight excluding hydrogens is 350 g/mol. The van der Waals surface area contributed by atoms with E-state index in [0.29, 0.717) is 0 Å². The van der Waals surface area contributed by atoms with Crippen LogP contribution in [0.3, 0.4) is 0 Å². The molecule has 0 radical (unpaired) electrons. The van der Waals surface area contributed by atoms with Gasteiger partial charge in [0, 0.05) is 44.8 Å². The van der Waals surface area contributed by atoms with Gasteiger partial charge in [-0.25, -0.2) is 4.68 Å². The molecule has 1 fully saturated rings. The van der Waals surface area contributed by atoms with Crippen LogP contribution in [0.25, 0.3) is 0 Å². The van der Waals surface area contributed by atoms with E-state index in [1.165, 1.54) is 16.9 Å². The maximum atomic E-state index is 6.05. The maximum absolute atomic E-state index is 6.05. The van der Waals surface area contributed by atoms with Crippen LogP contribution in [0.15, 0.2) is 24.3 Å². The predicted molar refractivity (Wildman–Crippen MR) is 98.8 cm³/mol. The number of anilines is 1. The Morgan fingerprint density at radius 2 is 2.00 bits per heavy atom. The zero-order chi connectivity index (χ0) is 16.2. The van der Waals surface area contributed by atoms with Crippen LogP contribution in [0.1, 0.15) is 5.56 Å². The smallest absolute Gasteiger partial charge is 0.204 e. The SMILES string of the molecule is CNc1nn(CN2CCN(Cc3cccc(Cl)c3)CC2)c(=S)s1. The molecule has 1 aromatic heterocycles. The van der Waals surface area contributed by atoms with E-state index in [1.54, 1.807) is 0 Å². The lowest BCUT2D eigenvalue weighted by Crippen LogP contribution is -2.46. The Labute approximate surface area is 150 Å². The number of hydrogen-bond acceptors (Lipinski definition) is 6. The molecule has 1 aliphatic rings. The van der Waals surface area contributed by atoms with E-state index in [2.05, 4.69) is 26.3 Å². The van der Waals surface area contributed by atoms with Gasteiger partial charge in [-0.05, 0) is 29.9 Å². The van der Waals surface area contributed by atoms with Crippen molar-refractivity contribution in [2.45, 2.75) is 13.2 Å². The van der Waals surface area contributed by atoms with Gasteiger partial charge >= 0.3 is 0 Å². The van der Waals surface area contributed by atoms with Crippen LogP contribution in [0.4, 0.5) is 5.13 Å². The summed E-state index contributed by atoms with van der Waals surface area (Å²) in [6.45, 7) is 5.85. The van der Waals surface area contributed by atoms with Crippen LogP contribution in [-0.4, -0.2) is 52.8 Å². The molecule has 1 saturated heterocycles. The number of rotatable bonds is 5. The molecule has 124 valence electrons. The quantitative estimate of drug-likeness (QED) is 0.819. The zero-order valence-electron chi connectivity index (χ0n) is 13.0. The summed E-state index contributed by atoms with van der Waals surface area (Å²) >= 11 is 12.9. The lowest BCUT2D eigenvalue weighted by Gasteiger charge is -2.34. The van der Waals surface area contributed by atoms with Gasteiger partial charge in [-0.15, -0.1) is 5.10 Å². The minimum atomic E-state index is 0.766. The molecule has 1 aromatic carbocycles. The number of hydrogen-bond donors (Lipinski definition) is 1. The number of aromatic nitrogens is 2. The van der Waals surface area contributed by atoms with Crippen molar-refractivity contribution in [3.63, 3.8) is 0 Å². The van der Waals surface area contributed by atoms with Crippen molar-refractivity contribution in [2.24, 2.45) is 0 Å². The van der Waals surface area contributed by atoms with Crippen LogP contribution < -0.4 is 5.32 Å². The monoisotopic (exact) mass is 369 g/mol. The normalized spacial score (nSPS) is 16.6. The summed E-state index contributed by atoms with van der Waals surface area (Å²) in [5, 5.41) is 9.19. The highest BCUT2D eigenvalue weighted by atomic mass is 35.5. The number of benzene rings is 1. The summed E-state index contributed by atoms with van der Waals surface area (Å²) in [6, 6.07) is 8.10. The molecule has 2 aromatic rings. The van der Waals surface area contributed by atoms with Crippen LogP contribution >= 0.6 is 35.2 Å². The van der Waals surface area contributed by atoms with Crippen molar-refractivity contribution in [1.82, 2.24) is 19.6 Å². The van der Waals surface area contributed by atoms with Crippen molar-refractivity contribution in [3.05, 3.63) is 38.8 Å². The van der Waals surface area contributed by atoms with E-state index < -0.39 is 0 Å². The summed E-state index contributed by atoms with van der Waals surface area (Å²) < 4.78 is 2.72. The van der Waals surface area contributed by atoms with Crippen molar-refractivity contribution in [3.8, 4) is 0 Å². The van der Waals surface area contributed by atoms with Crippen LogP contribution in [0, 0.1) is 3.95 Å². The first-order valence-corrected chi connectivity index (χ1v) is 9.19. The number of halogens is 1. The van der Waals surface area contributed by atoms with Gasteiger partial charge in [0.25, 0.3) is 0 Å². The Bertz CT molecular complexity index is 706. The first-order chi connectivity index (χ1) is 11.1. The Kier molecular flexibility index (Phi) is 5.66. The van der Waals surface area contributed by atoms with Gasteiger partial charge in [0.2, 0.25) is 5.13 Å². The molecule has 0 saturated carbocycles. The van der Waals surface area contributed by atoms with Crippen molar-refractivity contribution >= 4 is 40.3 Å². The molecule has 0 bridgehead atoms. The molecular formula is C15H20ClN5S2. The molecule has 0 aliphatic carbocycles. The number of nitrogens with one attached hydrogen (secondary N) is 1. The van der Waals surface area contributed by atoms with Gasteiger partial charge in [0.1, 0.15) is 0 Å². The summed E-state index contributed by atoms with van der Waals surface area (Å²) in [6.07, 6.45) is 0. The van der Waals surface area contributed by atoms with E-state index >= 15 is 0 Å². The summed E-state index contributed by atoms with van der Waals surface area (Å²) in [4.78, 5) is 4.85. The molecule has 2 heterocycles. The molecule has 8 heteroatoms. The van der Waals surface area contributed by atoms with E-state index in [4.69, 9.17) is 23.8 Å². The molecule has 1 aliphatic heterocycles. The Balaban J connectivity index is 1.52. The van der Waals surface area contributed by atoms with Crippen LogP contribution in [-0.2, 0) is 13.2 Å². The minimum absolute atomic E-state index is 0.766. The van der Waals surface area contributed by atoms with E-state index in [1.807, 2.05) is 29.9 Å². The molecule has 0 amide bonds. The highest BCUT2D eigenvalue weighted by molar-refractivity contribution is 7.73. The molecule has 3 rings (SSSR count). The fourth-order valence-electron chi connectivity index (χ4n) is 2.67. The van der Waals surface area contributed by atoms with E-state index in [0.717, 1.165) is 53.5 Å². The summed E-state index contributed by atoms with van der Waals surface area (Å²) in [5.41, 5.74) is 1.27. The second-order valence-corrected chi connectivity index (χ2v) is 7.65. The highest BCUT2D eigenvalue weighted by Crippen LogP contribution is 2.16. The second kappa shape index (κ2) is 7.72. The fourth-order valence-corrected chi connectivity index (χ4v) is 3.83. The summed E-state index contributed by atoms with van der Waals surface area (Å²) in [7, 11) is 1.87. The first-order valence-electron chi connectivity index (χ1n) is 7.59. The predicted octanol–water partition coefficient (Wildman–Crippen LogP) is 3.14. The van der Waals surface area contributed by atoms with Gasteiger partial charge in [-0.2, -0.15) is 0 Å². The molecule has 1 N–H and O–H groups in total. The number of nitrogens with zero attached hydrogens (tertiary/aromatic N) is 4. The van der Waals surface area contributed by atoms with E-state index in [-0.39, 0.29) is 0 Å². The van der Waals surface area contributed by atoms with Gasteiger partial charge in [-0.3, -0.25) is 9.80 Å². The van der Waals surface area contributed by atoms with Gasteiger partial charge in [-0.1, -0.05) is 35.1 Å². The summed E-state index contributed by atoms with van der Waals surface area (Å²) in [5.74, 6) is 0. The maximum Gasteiger partial charge on any atom is 0.204 e. The fraction of sp³-hybridized carbons (Fsp3) is 0.467. The number of piperazine rings is 1. The third-order valence-electron chi connectivity index (χ3n) is 3.91. The lowest BCUT2D eigenvalue weighted by atomic mass is 10.2. The molecule has 0 atom stereocenters. The molecule has 5 nitrogen and oxygen atoms in total. The minimum Gasteiger partial charge on any atom is -0.363 e. The third-order valence-corrected chi connectivity index (χ3v) is 5.47. The second-order valence-electron chi connectivity index (χ2n) is 5.59. The van der Waals surface area contributed by atoms with Gasteiger partial charge in [0.15, 0.2) is 3.95 Å². The standard InChI is InChI=1S/C15H20ClN5S2/c1-17-14-18-21(15(22)23-14)11-20-7-5-19(6-8-20)10-12-3-2-4-13(16)9-12/h2-4,9H,5-8,10-11H2,1H3,(H,17,18). The Morgan fingerprint density at radius 1 is 1.26 bits per heavy atom. The van der Waals surface area contributed by atoms with Crippen LogP contribution in [0.5, 0.6) is 0 Å². The lowest BCUT2D eigenvalue weighted by molar-refractivity contribution is 0.0985. The average molecular weight is 370 g/mol. The van der Waals surface area contributed by atoms with Crippen LogP contribution in [0.2, 0.25) is 5.02 Å². The largest absolute Gasteiger partial charge is 0.363 e. The molecule has 0 unspecified atom stereocenters. The highest BCUT2D eigenvalue weighted by Gasteiger charge is 2.18. The van der Waals surface area contributed by atoms with E-state index in [9.17, 15) is 0 Å². The molecule has 0 spiro atoms. The van der Waals surface area contributed by atoms with Gasteiger partial charge < -0.3 is 5.32 Å². The van der Waals surface area contributed by atoms with Crippen molar-refractivity contribution < 1.29 is 0 Å². The van der Waals surface area contributed by atoms with Crippen molar-refractivity contribution in [1.29, 1.82) is 0 Å². The Morgan fingerprint density at radius 3 is 2.65 bits per heavy atom. The average Bonchev–Trinajstić information content (AvgIpc) is 2.89.